The molecule has 4 rings (SSSR count). The molecule has 1 amide bonds. The van der Waals surface area contributed by atoms with E-state index in [-0.39, 0.29) is 16.9 Å². The Kier molecular flexibility index (Phi) is 4.50. The molecule has 1 aromatic carbocycles. The summed E-state index contributed by atoms with van der Waals surface area (Å²) in [6, 6.07) is 10.6. The van der Waals surface area contributed by atoms with Crippen molar-refractivity contribution >= 4 is 11.6 Å². The van der Waals surface area contributed by atoms with Crippen molar-refractivity contribution in [3.8, 4) is 0 Å². The fourth-order valence-electron chi connectivity index (χ4n) is 5.71. The van der Waals surface area contributed by atoms with Crippen LogP contribution in [0.1, 0.15) is 40.0 Å². The monoisotopic (exact) mass is 355 g/mol. The maximum atomic E-state index is 12.8. The third kappa shape index (κ3) is 2.92. The number of amides is 1. The highest BCUT2D eigenvalue weighted by molar-refractivity contribution is 5.79. The first kappa shape index (κ1) is 17.8. The maximum absolute atomic E-state index is 12.8. The maximum Gasteiger partial charge on any atom is 0.234 e. The Bertz CT molecular complexity index is 651. The quantitative estimate of drug-likeness (QED) is 0.901. The normalized spacial score (nSPS) is 33.4. The van der Waals surface area contributed by atoms with Crippen LogP contribution in [0.3, 0.4) is 0 Å². The number of carbonyl (C=O) groups excluding carboxylic acids is 1. The van der Waals surface area contributed by atoms with Gasteiger partial charge in [0.25, 0.3) is 0 Å². The Morgan fingerprint density at radius 2 is 1.69 bits per heavy atom. The van der Waals surface area contributed by atoms with Gasteiger partial charge in [-0.1, -0.05) is 32.0 Å². The SMILES string of the molecule is CC1(C)[C@H]2CC[C@@H](C2)[C@@]1(C)NC(=O)CN1CCN(c2ccccc2)CC1. The van der Waals surface area contributed by atoms with Crippen LogP contribution >= 0.6 is 0 Å². The fourth-order valence-corrected chi connectivity index (χ4v) is 5.71. The first-order chi connectivity index (χ1) is 12.4. The van der Waals surface area contributed by atoms with Gasteiger partial charge in [-0.25, -0.2) is 0 Å². The van der Waals surface area contributed by atoms with Gasteiger partial charge in [0.1, 0.15) is 0 Å². The third-order valence-corrected chi connectivity index (χ3v) is 7.87. The zero-order chi connectivity index (χ0) is 18.4. The molecule has 3 aliphatic rings. The van der Waals surface area contributed by atoms with Gasteiger partial charge in [0.15, 0.2) is 0 Å². The predicted molar refractivity (Wildman–Crippen MR) is 106 cm³/mol. The standard InChI is InChI=1S/C22H33N3O/c1-21(2)17-9-10-18(15-17)22(21,3)23-20(26)16-24-11-13-25(14-12-24)19-7-5-4-6-8-19/h4-8,17-18H,9-16H2,1-3H3,(H,23,26)/t17-,18-,22+/m0/s1. The molecule has 26 heavy (non-hydrogen) atoms. The second-order valence-electron chi connectivity index (χ2n) is 9.28. The van der Waals surface area contributed by atoms with Gasteiger partial charge in [-0.05, 0) is 55.6 Å². The lowest BCUT2D eigenvalue weighted by Crippen LogP contribution is -2.61. The molecule has 2 bridgehead atoms. The van der Waals surface area contributed by atoms with Crippen LogP contribution in [0.25, 0.3) is 0 Å². The summed E-state index contributed by atoms with van der Waals surface area (Å²) in [6.45, 7) is 11.4. The molecule has 1 aromatic rings. The summed E-state index contributed by atoms with van der Waals surface area (Å²) >= 11 is 0. The van der Waals surface area contributed by atoms with E-state index in [2.05, 4.69) is 66.2 Å². The molecule has 1 saturated heterocycles. The van der Waals surface area contributed by atoms with E-state index in [1.165, 1.54) is 24.9 Å². The molecule has 0 aromatic heterocycles. The molecule has 3 atom stereocenters. The molecule has 3 fully saturated rings. The second-order valence-corrected chi connectivity index (χ2v) is 9.28. The summed E-state index contributed by atoms with van der Waals surface area (Å²) in [7, 11) is 0. The van der Waals surface area contributed by atoms with Crippen LogP contribution in [0.15, 0.2) is 30.3 Å². The Balaban J connectivity index is 1.31. The van der Waals surface area contributed by atoms with Crippen molar-refractivity contribution in [2.75, 3.05) is 37.6 Å². The third-order valence-electron chi connectivity index (χ3n) is 7.87. The summed E-state index contributed by atoms with van der Waals surface area (Å²) in [4.78, 5) is 17.5. The highest BCUT2D eigenvalue weighted by Crippen LogP contribution is 2.61. The van der Waals surface area contributed by atoms with Crippen LogP contribution in [0.5, 0.6) is 0 Å². The largest absolute Gasteiger partial charge is 0.369 e. The molecular weight excluding hydrogens is 322 g/mol. The van der Waals surface area contributed by atoms with Gasteiger partial charge in [0.05, 0.1) is 6.54 Å². The predicted octanol–water partition coefficient (Wildman–Crippen LogP) is 3.14. The minimum Gasteiger partial charge on any atom is -0.369 e. The first-order valence-corrected chi connectivity index (χ1v) is 10.2. The molecule has 0 spiro atoms. The van der Waals surface area contributed by atoms with Crippen LogP contribution in [0, 0.1) is 17.3 Å². The molecule has 2 aliphatic carbocycles. The highest BCUT2D eigenvalue weighted by atomic mass is 16.2. The summed E-state index contributed by atoms with van der Waals surface area (Å²) in [6.07, 6.45) is 3.91. The number of hydrogen-bond donors (Lipinski definition) is 1. The highest BCUT2D eigenvalue weighted by Gasteiger charge is 2.60. The zero-order valence-corrected chi connectivity index (χ0v) is 16.5. The van der Waals surface area contributed by atoms with Crippen LogP contribution in [-0.2, 0) is 4.79 Å². The van der Waals surface area contributed by atoms with Crippen molar-refractivity contribution in [2.24, 2.45) is 17.3 Å². The van der Waals surface area contributed by atoms with Crippen LogP contribution < -0.4 is 10.2 Å². The number of para-hydroxylation sites is 1. The fraction of sp³-hybridized carbons (Fsp3) is 0.682. The van der Waals surface area contributed by atoms with E-state index in [1.54, 1.807) is 0 Å². The summed E-state index contributed by atoms with van der Waals surface area (Å²) in [5, 5.41) is 3.47. The van der Waals surface area contributed by atoms with E-state index in [1.807, 2.05) is 0 Å². The first-order valence-electron chi connectivity index (χ1n) is 10.2. The average molecular weight is 356 g/mol. The van der Waals surface area contributed by atoms with E-state index in [9.17, 15) is 4.79 Å². The lowest BCUT2D eigenvalue weighted by atomic mass is 9.64. The number of piperazine rings is 1. The Hall–Kier alpha value is -1.55. The number of fused-ring (bicyclic) bond motifs is 2. The van der Waals surface area contributed by atoms with Gasteiger partial charge >= 0.3 is 0 Å². The van der Waals surface area contributed by atoms with Gasteiger partial charge in [0.2, 0.25) is 5.91 Å². The van der Waals surface area contributed by atoms with Crippen LogP contribution in [0.4, 0.5) is 5.69 Å². The van der Waals surface area contributed by atoms with Crippen molar-refractivity contribution in [1.82, 2.24) is 10.2 Å². The van der Waals surface area contributed by atoms with E-state index in [0.29, 0.717) is 12.5 Å². The molecule has 1 aliphatic heterocycles. The smallest absolute Gasteiger partial charge is 0.234 e. The Morgan fingerprint density at radius 1 is 1.04 bits per heavy atom. The lowest BCUT2D eigenvalue weighted by molar-refractivity contribution is -0.126. The minimum atomic E-state index is -0.0428. The van der Waals surface area contributed by atoms with E-state index in [4.69, 9.17) is 0 Å². The molecule has 142 valence electrons. The zero-order valence-electron chi connectivity index (χ0n) is 16.5. The van der Waals surface area contributed by atoms with Gasteiger partial charge in [0, 0.05) is 37.4 Å². The van der Waals surface area contributed by atoms with Crippen molar-refractivity contribution in [3.05, 3.63) is 30.3 Å². The van der Waals surface area contributed by atoms with Crippen molar-refractivity contribution in [1.29, 1.82) is 0 Å². The van der Waals surface area contributed by atoms with E-state index >= 15 is 0 Å². The molecule has 0 unspecified atom stereocenters. The molecule has 2 saturated carbocycles. The van der Waals surface area contributed by atoms with Crippen LogP contribution in [0.2, 0.25) is 0 Å². The van der Waals surface area contributed by atoms with Crippen LogP contribution in [-0.4, -0.2) is 49.1 Å². The topological polar surface area (TPSA) is 35.6 Å². The number of nitrogens with zero attached hydrogens (tertiary/aromatic N) is 2. The molecule has 4 nitrogen and oxygen atoms in total. The van der Waals surface area contributed by atoms with Crippen molar-refractivity contribution in [3.63, 3.8) is 0 Å². The lowest BCUT2D eigenvalue weighted by Gasteiger charge is -2.48. The summed E-state index contributed by atoms with van der Waals surface area (Å²) < 4.78 is 0. The number of rotatable bonds is 4. The van der Waals surface area contributed by atoms with Crippen molar-refractivity contribution < 1.29 is 4.79 Å². The Morgan fingerprint density at radius 3 is 2.31 bits per heavy atom. The van der Waals surface area contributed by atoms with Gasteiger partial charge < -0.3 is 10.2 Å². The average Bonchev–Trinajstić information content (AvgIpc) is 3.19. The van der Waals surface area contributed by atoms with Gasteiger partial charge in [-0.2, -0.15) is 0 Å². The summed E-state index contributed by atoms with van der Waals surface area (Å²) in [5.74, 6) is 1.63. The minimum absolute atomic E-state index is 0.0428. The van der Waals surface area contributed by atoms with E-state index in [0.717, 1.165) is 32.1 Å². The number of carbonyl (C=O) groups is 1. The Labute approximate surface area is 157 Å². The summed E-state index contributed by atoms with van der Waals surface area (Å²) in [5.41, 5.74) is 1.45. The molecule has 0 radical (unpaired) electrons. The van der Waals surface area contributed by atoms with Crippen molar-refractivity contribution in [2.45, 2.75) is 45.6 Å². The van der Waals surface area contributed by atoms with Gasteiger partial charge in [-0.15, -0.1) is 0 Å². The molecule has 1 N–H and O–H groups in total. The molecule has 4 heteroatoms. The number of hydrogen-bond acceptors (Lipinski definition) is 3. The van der Waals surface area contributed by atoms with Gasteiger partial charge in [-0.3, -0.25) is 9.69 Å². The molecular formula is C22H33N3O. The second kappa shape index (κ2) is 6.56. The number of anilines is 1. The van der Waals surface area contributed by atoms with E-state index < -0.39 is 0 Å². The number of nitrogens with one attached hydrogen (secondary N) is 1. The molecule has 1 heterocycles. The number of benzene rings is 1.